The summed E-state index contributed by atoms with van der Waals surface area (Å²) in [6, 6.07) is 12.3. The standard InChI is InChI=1S/C23H25F3N2O3/c1-2-17-8-3-6-11-20(17)31-16-21(29)27-12-7-13-28(15-14-27)22(30)18-9-4-5-10-19(18)23(24,25)26/h3-6,8-11H,2,7,12-16H2,1H3. The molecule has 0 spiro atoms. The fourth-order valence-electron chi connectivity index (χ4n) is 3.62. The van der Waals surface area contributed by atoms with Gasteiger partial charge in [-0.05, 0) is 36.6 Å². The first-order valence-electron chi connectivity index (χ1n) is 10.2. The number of ether oxygens (including phenoxy) is 1. The highest BCUT2D eigenvalue weighted by Gasteiger charge is 2.36. The molecule has 2 aromatic carbocycles. The first kappa shape index (κ1) is 22.7. The van der Waals surface area contributed by atoms with Crippen LogP contribution in [0.1, 0.15) is 34.8 Å². The summed E-state index contributed by atoms with van der Waals surface area (Å²) in [5.74, 6) is -0.222. The van der Waals surface area contributed by atoms with Crippen LogP contribution in [0.25, 0.3) is 0 Å². The second-order valence-corrected chi connectivity index (χ2v) is 7.32. The minimum atomic E-state index is -4.60. The molecule has 0 bridgehead atoms. The van der Waals surface area contributed by atoms with Crippen molar-refractivity contribution in [2.24, 2.45) is 0 Å². The van der Waals surface area contributed by atoms with E-state index in [1.807, 2.05) is 31.2 Å². The quantitative estimate of drug-likeness (QED) is 0.714. The van der Waals surface area contributed by atoms with Crippen molar-refractivity contribution in [2.75, 3.05) is 32.8 Å². The van der Waals surface area contributed by atoms with Crippen LogP contribution in [0.2, 0.25) is 0 Å². The number of nitrogens with zero attached hydrogens (tertiary/aromatic N) is 2. The molecule has 0 saturated carbocycles. The molecule has 3 rings (SSSR count). The molecule has 0 aliphatic carbocycles. The Morgan fingerprint density at radius 2 is 1.58 bits per heavy atom. The van der Waals surface area contributed by atoms with Crippen LogP contribution in [0.3, 0.4) is 0 Å². The van der Waals surface area contributed by atoms with Gasteiger partial charge in [0, 0.05) is 26.2 Å². The van der Waals surface area contributed by atoms with Gasteiger partial charge in [0.2, 0.25) is 0 Å². The monoisotopic (exact) mass is 434 g/mol. The van der Waals surface area contributed by atoms with E-state index < -0.39 is 17.6 Å². The molecule has 31 heavy (non-hydrogen) atoms. The molecule has 1 heterocycles. The molecule has 1 aliphatic rings. The summed E-state index contributed by atoms with van der Waals surface area (Å²) in [5.41, 5.74) is -0.305. The summed E-state index contributed by atoms with van der Waals surface area (Å²) in [7, 11) is 0. The Labute approximate surface area is 179 Å². The van der Waals surface area contributed by atoms with Crippen LogP contribution in [0.4, 0.5) is 13.2 Å². The highest BCUT2D eigenvalue weighted by Crippen LogP contribution is 2.32. The predicted octanol–water partition coefficient (Wildman–Crippen LogP) is 4.02. The third-order valence-electron chi connectivity index (χ3n) is 5.30. The van der Waals surface area contributed by atoms with Crippen LogP contribution in [-0.4, -0.2) is 54.4 Å². The van der Waals surface area contributed by atoms with E-state index in [0.717, 1.165) is 18.1 Å². The number of rotatable bonds is 5. The van der Waals surface area contributed by atoms with Crippen molar-refractivity contribution in [3.63, 3.8) is 0 Å². The molecule has 166 valence electrons. The van der Waals surface area contributed by atoms with Gasteiger partial charge in [-0.15, -0.1) is 0 Å². The summed E-state index contributed by atoms with van der Waals surface area (Å²) in [6.45, 7) is 3.00. The molecule has 1 aliphatic heterocycles. The zero-order valence-electron chi connectivity index (χ0n) is 17.3. The van der Waals surface area contributed by atoms with Gasteiger partial charge in [-0.1, -0.05) is 37.3 Å². The first-order valence-corrected chi connectivity index (χ1v) is 10.2. The van der Waals surface area contributed by atoms with Gasteiger partial charge in [-0.2, -0.15) is 13.2 Å². The molecule has 5 nitrogen and oxygen atoms in total. The number of halogens is 3. The molecular formula is C23H25F3N2O3. The number of aryl methyl sites for hydroxylation is 1. The number of alkyl halides is 3. The van der Waals surface area contributed by atoms with Crippen LogP contribution in [0, 0.1) is 0 Å². The zero-order valence-corrected chi connectivity index (χ0v) is 17.3. The fourth-order valence-corrected chi connectivity index (χ4v) is 3.62. The Kier molecular flexibility index (Phi) is 7.20. The highest BCUT2D eigenvalue weighted by molar-refractivity contribution is 5.96. The number of hydrogen-bond donors (Lipinski definition) is 0. The summed E-state index contributed by atoms with van der Waals surface area (Å²) in [6.07, 6.45) is -3.34. The van der Waals surface area contributed by atoms with Crippen molar-refractivity contribution >= 4 is 11.8 Å². The lowest BCUT2D eigenvalue weighted by Gasteiger charge is -2.23. The van der Waals surface area contributed by atoms with Crippen molar-refractivity contribution < 1.29 is 27.5 Å². The maximum absolute atomic E-state index is 13.3. The second kappa shape index (κ2) is 9.85. The molecule has 1 saturated heterocycles. The summed E-state index contributed by atoms with van der Waals surface area (Å²) in [5, 5.41) is 0. The van der Waals surface area contributed by atoms with Gasteiger partial charge in [0.05, 0.1) is 11.1 Å². The number of carbonyl (C=O) groups is 2. The molecule has 0 N–H and O–H groups in total. The molecular weight excluding hydrogens is 409 g/mol. The summed E-state index contributed by atoms with van der Waals surface area (Å²) >= 11 is 0. The highest BCUT2D eigenvalue weighted by atomic mass is 19.4. The minimum absolute atomic E-state index is 0.123. The van der Waals surface area contributed by atoms with Gasteiger partial charge >= 0.3 is 6.18 Å². The normalized spacial score (nSPS) is 14.8. The van der Waals surface area contributed by atoms with Crippen LogP contribution in [-0.2, 0) is 17.4 Å². The van der Waals surface area contributed by atoms with Gasteiger partial charge in [-0.25, -0.2) is 0 Å². The van der Waals surface area contributed by atoms with Gasteiger partial charge in [-0.3, -0.25) is 9.59 Å². The number of para-hydroxylation sites is 1. The van der Waals surface area contributed by atoms with Gasteiger partial charge in [0.25, 0.3) is 11.8 Å². The van der Waals surface area contributed by atoms with Crippen molar-refractivity contribution in [3.8, 4) is 5.75 Å². The van der Waals surface area contributed by atoms with Crippen molar-refractivity contribution in [1.82, 2.24) is 9.80 Å². The average molecular weight is 434 g/mol. The largest absolute Gasteiger partial charge is 0.483 e. The Morgan fingerprint density at radius 3 is 2.32 bits per heavy atom. The number of amides is 2. The number of hydrogen-bond acceptors (Lipinski definition) is 3. The Morgan fingerprint density at radius 1 is 0.935 bits per heavy atom. The smallest absolute Gasteiger partial charge is 0.417 e. The van der Waals surface area contributed by atoms with Gasteiger partial charge in [0.15, 0.2) is 6.61 Å². The molecule has 2 amide bonds. The topological polar surface area (TPSA) is 49.9 Å². The maximum Gasteiger partial charge on any atom is 0.417 e. The van der Waals surface area contributed by atoms with E-state index in [2.05, 4.69) is 0 Å². The van der Waals surface area contributed by atoms with E-state index in [0.29, 0.717) is 18.7 Å². The average Bonchev–Trinajstić information content (AvgIpc) is 3.03. The van der Waals surface area contributed by atoms with E-state index >= 15 is 0 Å². The molecule has 0 atom stereocenters. The molecule has 8 heteroatoms. The zero-order chi connectivity index (χ0) is 22.4. The lowest BCUT2D eigenvalue weighted by Crippen LogP contribution is -2.39. The van der Waals surface area contributed by atoms with Gasteiger partial charge in [0.1, 0.15) is 5.75 Å². The van der Waals surface area contributed by atoms with E-state index in [1.165, 1.54) is 23.1 Å². The molecule has 0 aromatic heterocycles. The Balaban J connectivity index is 1.62. The van der Waals surface area contributed by atoms with Crippen molar-refractivity contribution in [3.05, 3.63) is 65.2 Å². The maximum atomic E-state index is 13.3. The number of benzene rings is 2. The summed E-state index contributed by atoms with van der Waals surface area (Å²) < 4.78 is 45.5. The molecule has 0 radical (unpaired) electrons. The second-order valence-electron chi connectivity index (χ2n) is 7.32. The van der Waals surface area contributed by atoms with E-state index in [1.54, 1.807) is 4.90 Å². The first-order chi connectivity index (χ1) is 14.8. The van der Waals surface area contributed by atoms with Crippen LogP contribution >= 0.6 is 0 Å². The van der Waals surface area contributed by atoms with Crippen molar-refractivity contribution in [2.45, 2.75) is 25.9 Å². The van der Waals surface area contributed by atoms with E-state index in [9.17, 15) is 22.8 Å². The minimum Gasteiger partial charge on any atom is -0.483 e. The summed E-state index contributed by atoms with van der Waals surface area (Å²) in [4.78, 5) is 28.4. The van der Waals surface area contributed by atoms with Gasteiger partial charge < -0.3 is 14.5 Å². The SMILES string of the molecule is CCc1ccccc1OCC(=O)N1CCCN(C(=O)c2ccccc2C(F)(F)F)CC1. The molecule has 1 fully saturated rings. The van der Waals surface area contributed by atoms with Crippen LogP contribution in [0.15, 0.2) is 48.5 Å². The predicted molar refractivity (Wildman–Crippen MR) is 110 cm³/mol. The molecule has 2 aromatic rings. The lowest BCUT2D eigenvalue weighted by molar-refractivity contribution is -0.138. The molecule has 0 unspecified atom stereocenters. The van der Waals surface area contributed by atoms with Crippen LogP contribution in [0.5, 0.6) is 5.75 Å². The van der Waals surface area contributed by atoms with E-state index in [4.69, 9.17) is 4.74 Å². The Hall–Kier alpha value is -3.03. The number of carbonyl (C=O) groups excluding carboxylic acids is 2. The fraction of sp³-hybridized carbons (Fsp3) is 0.391. The van der Waals surface area contributed by atoms with Crippen molar-refractivity contribution in [1.29, 1.82) is 0 Å². The van der Waals surface area contributed by atoms with E-state index in [-0.39, 0.29) is 37.7 Å². The van der Waals surface area contributed by atoms with Crippen LogP contribution < -0.4 is 4.74 Å². The third kappa shape index (κ3) is 5.57. The lowest BCUT2D eigenvalue weighted by atomic mass is 10.1. The Bertz CT molecular complexity index is 930. The third-order valence-corrected chi connectivity index (χ3v) is 5.30.